The number of nitrogens with zero attached hydrogens (tertiary/aromatic N) is 5. The molecule has 12 nitrogen and oxygen atoms in total. The van der Waals surface area contributed by atoms with Crippen LogP contribution in [0.25, 0.3) is 11.0 Å². The van der Waals surface area contributed by atoms with Crippen LogP contribution in [0.4, 0.5) is 5.69 Å². The number of imidazole rings is 1. The van der Waals surface area contributed by atoms with Crippen LogP contribution in [0.5, 0.6) is 0 Å². The van der Waals surface area contributed by atoms with Crippen molar-refractivity contribution in [3.63, 3.8) is 0 Å². The second-order valence-electron chi connectivity index (χ2n) is 10.7. The van der Waals surface area contributed by atoms with Crippen molar-refractivity contribution in [1.82, 2.24) is 34.7 Å². The molecule has 0 fully saturated rings. The van der Waals surface area contributed by atoms with Crippen molar-refractivity contribution < 1.29 is 14.4 Å². The number of anilines is 1. The van der Waals surface area contributed by atoms with Crippen LogP contribution in [-0.4, -0.2) is 67.3 Å². The molecular weight excluding hydrogens is 548 g/mol. The molecule has 0 saturated carbocycles. The minimum absolute atomic E-state index is 0.0534. The zero-order valence-corrected chi connectivity index (χ0v) is 24.7. The molecule has 1 atom stereocenters. The monoisotopic (exact) mass is 584 g/mol. The molecule has 3 heterocycles. The maximum atomic E-state index is 13.3. The lowest BCUT2D eigenvalue weighted by Gasteiger charge is -2.18. The molecule has 4 rings (SSSR count). The van der Waals surface area contributed by atoms with Gasteiger partial charge in [-0.15, -0.1) is 0 Å². The normalized spacial score (nSPS) is 12.0. The zero-order chi connectivity index (χ0) is 30.9. The molecule has 3 aromatic heterocycles. The summed E-state index contributed by atoms with van der Waals surface area (Å²) in [5.41, 5.74) is 2.54. The first-order valence-corrected chi connectivity index (χ1v) is 14.0. The Balaban J connectivity index is 1.51. The number of likely N-dealkylation sites (N-methyl/N-ethyl adjacent to an activating group) is 1. The SMILES string of the molecule is CC(C)Cc1cccc2[nH]c(Cn3cccc(NC(=O)[C@H](CC/C=C/C(=O)N(C)C)NC(=O)c4ncccn4)c3=O)nc12. The Hall–Kier alpha value is -5.13. The van der Waals surface area contributed by atoms with E-state index in [-0.39, 0.29) is 30.4 Å². The van der Waals surface area contributed by atoms with E-state index in [0.29, 0.717) is 18.2 Å². The maximum absolute atomic E-state index is 13.3. The molecule has 0 aliphatic rings. The van der Waals surface area contributed by atoms with E-state index in [2.05, 4.69) is 45.5 Å². The number of hydrogen-bond donors (Lipinski definition) is 3. The Morgan fingerprint density at radius 1 is 1.07 bits per heavy atom. The number of hydrogen-bond acceptors (Lipinski definition) is 7. The summed E-state index contributed by atoms with van der Waals surface area (Å²) in [5.74, 6) is -0.436. The predicted octanol–water partition coefficient (Wildman–Crippen LogP) is 2.92. The third-order valence-corrected chi connectivity index (χ3v) is 6.59. The average molecular weight is 585 g/mol. The van der Waals surface area contributed by atoms with Crippen molar-refractivity contribution in [3.8, 4) is 0 Å². The number of aromatic amines is 1. The van der Waals surface area contributed by atoms with Gasteiger partial charge in [0, 0.05) is 32.7 Å². The maximum Gasteiger partial charge on any atom is 0.289 e. The van der Waals surface area contributed by atoms with Gasteiger partial charge in [-0.25, -0.2) is 15.0 Å². The largest absolute Gasteiger partial charge is 0.345 e. The molecule has 0 aliphatic heterocycles. The molecule has 224 valence electrons. The van der Waals surface area contributed by atoms with Gasteiger partial charge in [0.05, 0.1) is 17.6 Å². The molecule has 4 aromatic rings. The molecule has 0 spiro atoms. The van der Waals surface area contributed by atoms with Gasteiger partial charge in [0.2, 0.25) is 17.6 Å². The van der Waals surface area contributed by atoms with E-state index in [1.165, 1.54) is 34.0 Å². The number of para-hydroxylation sites is 1. The van der Waals surface area contributed by atoms with Crippen LogP contribution in [-0.2, 0) is 22.6 Å². The standard InChI is InChI=1S/C31H36N8O4/c1-20(2)18-21-10-7-12-22-27(21)37-25(34-22)19-39-17-8-13-24(31(39)43)36-29(41)23(11-5-6-14-26(40)38(3)4)35-30(42)28-32-15-9-16-33-28/h6-10,12-17,20,23H,5,11,18-19H2,1-4H3,(H,34,37)(H,35,42)(H,36,41)/b14-6+/t23-/m0/s1. The quantitative estimate of drug-likeness (QED) is 0.216. The van der Waals surface area contributed by atoms with Crippen LogP contribution in [0.15, 0.2) is 71.9 Å². The minimum atomic E-state index is -1.03. The van der Waals surface area contributed by atoms with Gasteiger partial charge < -0.3 is 25.1 Å². The molecule has 0 aliphatic carbocycles. The van der Waals surface area contributed by atoms with E-state index in [1.54, 1.807) is 38.5 Å². The first-order valence-electron chi connectivity index (χ1n) is 14.0. The van der Waals surface area contributed by atoms with Crippen molar-refractivity contribution in [2.45, 2.75) is 45.7 Å². The fourth-order valence-electron chi connectivity index (χ4n) is 4.46. The van der Waals surface area contributed by atoms with Gasteiger partial charge in [-0.05, 0) is 61.1 Å². The van der Waals surface area contributed by atoms with Gasteiger partial charge in [0.25, 0.3) is 11.5 Å². The van der Waals surface area contributed by atoms with Crippen LogP contribution in [0.2, 0.25) is 0 Å². The van der Waals surface area contributed by atoms with Crippen molar-refractivity contribution in [1.29, 1.82) is 0 Å². The summed E-state index contributed by atoms with van der Waals surface area (Å²) in [5, 5.41) is 5.30. The fourth-order valence-corrected chi connectivity index (χ4v) is 4.46. The van der Waals surface area contributed by atoms with E-state index in [9.17, 15) is 19.2 Å². The lowest BCUT2D eigenvalue weighted by Crippen LogP contribution is -2.45. The fraction of sp³-hybridized carbons (Fsp3) is 0.323. The predicted molar refractivity (Wildman–Crippen MR) is 163 cm³/mol. The smallest absolute Gasteiger partial charge is 0.289 e. The third kappa shape index (κ3) is 8.22. The number of aromatic nitrogens is 5. The zero-order valence-electron chi connectivity index (χ0n) is 24.7. The minimum Gasteiger partial charge on any atom is -0.345 e. The highest BCUT2D eigenvalue weighted by atomic mass is 16.2. The number of allylic oxidation sites excluding steroid dienone is 1. The molecule has 0 bridgehead atoms. The molecular formula is C31H36N8O4. The summed E-state index contributed by atoms with van der Waals surface area (Å²) in [6.45, 7) is 4.48. The molecule has 3 amide bonds. The lowest BCUT2D eigenvalue weighted by atomic mass is 10.0. The number of H-pyrrole nitrogens is 1. The molecule has 12 heteroatoms. The summed E-state index contributed by atoms with van der Waals surface area (Å²) >= 11 is 0. The number of fused-ring (bicyclic) bond motifs is 1. The summed E-state index contributed by atoms with van der Waals surface area (Å²) in [6, 6.07) is 9.71. The van der Waals surface area contributed by atoms with Crippen LogP contribution in [0, 0.1) is 5.92 Å². The number of nitrogens with one attached hydrogen (secondary N) is 3. The Morgan fingerprint density at radius 3 is 2.56 bits per heavy atom. The highest BCUT2D eigenvalue weighted by Gasteiger charge is 2.23. The summed E-state index contributed by atoms with van der Waals surface area (Å²) in [6.07, 6.45) is 8.87. The van der Waals surface area contributed by atoms with Gasteiger partial charge in [0.15, 0.2) is 0 Å². The summed E-state index contributed by atoms with van der Waals surface area (Å²) in [7, 11) is 3.27. The topological polar surface area (TPSA) is 155 Å². The number of benzene rings is 1. The van der Waals surface area contributed by atoms with E-state index in [1.807, 2.05) is 12.1 Å². The van der Waals surface area contributed by atoms with E-state index in [4.69, 9.17) is 4.98 Å². The number of carbonyl (C=O) groups excluding carboxylic acids is 3. The van der Waals surface area contributed by atoms with Crippen molar-refractivity contribution in [3.05, 3.63) is 94.7 Å². The second kappa shape index (κ2) is 14.2. The van der Waals surface area contributed by atoms with Crippen molar-refractivity contribution in [2.75, 3.05) is 19.4 Å². The Labute approximate surface area is 249 Å². The van der Waals surface area contributed by atoms with E-state index in [0.717, 1.165) is 23.0 Å². The molecule has 0 unspecified atom stereocenters. The first-order chi connectivity index (χ1) is 20.6. The molecule has 1 aromatic carbocycles. The van der Waals surface area contributed by atoms with Crippen molar-refractivity contribution in [2.24, 2.45) is 5.92 Å². The average Bonchev–Trinajstić information content (AvgIpc) is 3.40. The van der Waals surface area contributed by atoms with E-state index >= 15 is 0 Å². The molecule has 43 heavy (non-hydrogen) atoms. The van der Waals surface area contributed by atoms with Gasteiger partial charge in [-0.1, -0.05) is 32.1 Å². The highest BCUT2D eigenvalue weighted by Crippen LogP contribution is 2.20. The van der Waals surface area contributed by atoms with Gasteiger partial charge in [-0.3, -0.25) is 19.2 Å². The number of pyridine rings is 1. The van der Waals surface area contributed by atoms with Crippen LogP contribution in [0.3, 0.4) is 0 Å². The third-order valence-electron chi connectivity index (χ3n) is 6.59. The Kier molecular flexibility index (Phi) is 10.2. The lowest BCUT2D eigenvalue weighted by molar-refractivity contribution is -0.123. The Bertz CT molecular complexity index is 1670. The molecule has 0 saturated heterocycles. The van der Waals surface area contributed by atoms with Crippen molar-refractivity contribution >= 4 is 34.4 Å². The first kappa shape index (κ1) is 30.8. The number of rotatable bonds is 12. The number of carbonyl (C=O) groups is 3. The van der Waals surface area contributed by atoms with Crippen LogP contribution >= 0.6 is 0 Å². The number of amides is 3. The summed E-state index contributed by atoms with van der Waals surface area (Å²) < 4.78 is 1.45. The van der Waals surface area contributed by atoms with Gasteiger partial charge in [0.1, 0.15) is 17.6 Å². The van der Waals surface area contributed by atoms with Crippen LogP contribution in [0.1, 0.15) is 48.7 Å². The molecule has 0 radical (unpaired) electrons. The van der Waals surface area contributed by atoms with Gasteiger partial charge >= 0.3 is 0 Å². The highest BCUT2D eigenvalue weighted by molar-refractivity contribution is 5.99. The second-order valence-corrected chi connectivity index (χ2v) is 10.7. The summed E-state index contributed by atoms with van der Waals surface area (Å²) in [4.78, 5) is 68.6. The van der Waals surface area contributed by atoms with Gasteiger partial charge in [-0.2, -0.15) is 0 Å². The molecule has 3 N–H and O–H groups in total. The van der Waals surface area contributed by atoms with Crippen LogP contribution < -0.4 is 16.2 Å². The van der Waals surface area contributed by atoms with E-state index < -0.39 is 23.4 Å². The Morgan fingerprint density at radius 2 is 1.84 bits per heavy atom.